The molecule has 32 heavy (non-hydrogen) atoms. The van der Waals surface area contributed by atoms with Gasteiger partial charge in [-0.2, -0.15) is 5.01 Å². The SMILES string of the molecule is COc1cccc(C(=O)CN(C(=O)c2ccc(Cl)cc2)N2C(=O)[C@H]3CCCC[C@@H]3C2=O)c1. The fourth-order valence-electron chi connectivity index (χ4n) is 4.38. The van der Waals surface area contributed by atoms with E-state index in [-0.39, 0.29) is 5.56 Å². The lowest BCUT2D eigenvalue weighted by Crippen LogP contribution is -2.52. The first kappa shape index (κ1) is 22.0. The van der Waals surface area contributed by atoms with Crippen molar-refractivity contribution in [1.29, 1.82) is 0 Å². The van der Waals surface area contributed by atoms with E-state index in [0.29, 0.717) is 29.2 Å². The highest BCUT2D eigenvalue weighted by Gasteiger charge is 2.51. The van der Waals surface area contributed by atoms with Crippen molar-refractivity contribution < 1.29 is 23.9 Å². The van der Waals surface area contributed by atoms with Crippen LogP contribution in [0.2, 0.25) is 5.02 Å². The van der Waals surface area contributed by atoms with Crippen LogP contribution >= 0.6 is 11.6 Å². The van der Waals surface area contributed by atoms with E-state index in [2.05, 4.69) is 0 Å². The number of carbonyl (C=O) groups excluding carboxylic acids is 4. The van der Waals surface area contributed by atoms with E-state index < -0.39 is 41.9 Å². The molecule has 0 unspecified atom stereocenters. The van der Waals surface area contributed by atoms with Gasteiger partial charge < -0.3 is 4.74 Å². The van der Waals surface area contributed by atoms with Crippen LogP contribution in [0.3, 0.4) is 0 Å². The van der Waals surface area contributed by atoms with Gasteiger partial charge in [0.25, 0.3) is 17.7 Å². The summed E-state index contributed by atoms with van der Waals surface area (Å²) in [5.74, 6) is -2.25. The molecule has 7 nitrogen and oxygen atoms in total. The van der Waals surface area contributed by atoms with Crippen LogP contribution in [0.5, 0.6) is 5.75 Å². The second-order valence-electron chi connectivity index (χ2n) is 8.01. The quantitative estimate of drug-likeness (QED) is 0.490. The number of Topliss-reactive ketones (excluding diaryl/α,β-unsaturated/α-hetero) is 1. The monoisotopic (exact) mass is 454 g/mol. The van der Waals surface area contributed by atoms with Gasteiger partial charge in [-0.1, -0.05) is 36.6 Å². The van der Waals surface area contributed by atoms with Gasteiger partial charge in [-0.25, -0.2) is 5.01 Å². The second-order valence-corrected chi connectivity index (χ2v) is 8.45. The number of hydrazine groups is 1. The van der Waals surface area contributed by atoms with Crippen molar-refractivity contribution in [1.82, 2.24) is 10.0 Å². The molecule has 2 aromatic carbocycles. The molecule has 1 saturated heterocycles. The van der Waals surface area contributed by atoms with Crippen molar-refractivity contribution in [3.05, 3.63) is 64.7 Å². The van der Waals surface area contributed by atoms with E-state index in [1.807, 2.05) is 0 Å². The summed E-state index contributed by atoms with van der Waals surface area (Å²) in [6.07, 6.45) is 2.95. The van der Waals surface area contributed by atoms with Crippen molar-refractivity contribution in [2.24, 2.45) is 11.8 Å². The summed E-state index contributed by atoms with van der Waals surface area (Å²) in [5, 5.41) is 2.32. The van der Waals surface area contributed by atoms with E-state index in [1.165, 1.54) is 19.2 Å². The third kappa shape index (κ3) is 4.12. The summed E-state index contributed by atoms with van der Waals surface area (Å²) in [5.41, 5.74) is 0.540. The number of ketones is 1. The Morgan fingerprint density at radius 3 is 2.22 bits per heavy atom. The number of fused-ring (bicyclic) bond motifs is 1. The molecule has 0 radical (unpaired) electrons. The number of benzene rings is 2. The Morgan fingerprint density at radius 2 is 1.62 bits per heavy atom. The highest BCUT2D eigenvalue weighted by molar-refractivity contribution is 6.30. The largest absolute Gasteiger partial charge is 0.497 e. The maximum absolute atomic E-state index is 13.4. The molecule has 2 aromatic rings. The molecular weight excluding hydrogens is 432 g/mol. The van der Waals surface area contributed by atoms with Crippen molar-refractivity contribution in [3.8, 4) is 5.75 Å². The van der Waals surface area contributed by atoms with Crippen LogP contribution in [0, 0.1) is 11.8 Å². The Bertz CT molecular complexity index is 1040. The van der Waals surface area contributed by atoms with Crippen molar-refractivity contribution in [3.63, 3.8) is 0 Å². The molecule has 0 N–H and O–H groups in total. The van der Waals surface area contributed by atoms with E-state index in [1.54, 1.807) is 36.4 Å². The zero-order chi connectivity index (χ0) is 22.8. The zero-order valence-electron chi connectivity index (χ0n) is 17.6. The van der Waals surface area contributed by atoms with Gasteiger partial charge in [-0.15, -0.1) is 0 Å². The van der Waals surface area contributed by atoms with Crippen LogP contribution in [0.4, 0.5) is 0 Å². The number of carbonyl (C=O) groups is 4. The molecule has 8 heteroatoms. The molecule has 2 aliphatic rings. The Kier molecular flexibility index (Phi) is 6.28. The Labute approximate surface area is 190 Å². The first-order chi connectivity index (χ1) is 15.4. The molecule has 1 aliphatic heterocycles. The second kappa shape index (κ2) is 9.12. The fraction of sp³-hybridized carbons (Fsp3) is 0.333. The fourth-order valence-corrected chi connectivity index (χ4v) is 4.51. The molecule has 2 atom stereocenters. The van der Waals surface area contributed by atoms with Crippen LogP contribution in [-0.2, 0) is 9.59 Å². The van der Waals surface area contributed by atoms with E-state index in [0.717, 1.165) is 22.9 Å². The number of hydrogen-bond acceptors (Lipinski definition) is 5. The standard InChI is InChI=1S/C24H23ClN2O5/c1-32-18-6-4-5-16(13-18)21(28)14-26(22(29)15-9-11-17(25)12-10-15)27-23(30)19-7-2-3-8-20(19)24(27)31/h4-6,9-13,19-20H,2-3,7-8,14H2,1H3/t19-,20-/m0/s1. The average Bonchev–Trinajstić information content (AvgIpc) is 3.07. The van der Waals surface area contributed by atoms with E-state index >= 15 is 0 Å². The van der Waals surface area contributed by atoms with Crippen LogP contribution in [0.1, 0.15) is 46.4 Å². The first-order valence-corrected chi connectivity index (χ1v) is 10.9. The van der Waals surface area contributed by atoms with E-state index in [4.69, 9.17) is 16.3 Å². The molecule has 0 aromatic heterocycles. The maximum Gasteiger partial charge on any atom is 0.273 e. The van der Waals surface area contributed by atoms with Gasteiger partial charge >= 0.3 is 0 Å². The Morgan fingerprint density at radius 1 is 1.00 bits per heavy atom. The topological polar surface area (TPSA) is 84.0 Å². The number of ether oxygens (including phenoxy) is 1. The van der Waals surface area contributed by atoms with Gasteiger partial charge in [0.05, 0.1) is 18.9 Å². The lowest BCUT2D eigenvalue weighted by atomic mass is 9.81. The molecule has 3 amide bonds. The normalized spacial score (nSPS) is 20.1. The highest BCUT2D eigenvalue weighted by atomic mass is 35.5. The summed E-state index contributed by atoms with van der Waals surface area (Å²) in [6, 6.07) is 12.6. The summed E-state index contributed by atoms with van der Waals surface area (Å²) in [7, 11) is 1.49. The minimum atomic E-state index is -0.613. The molecule has 1 aliphatic carbocycles. The van der Waals surface area contributed by atoms with Gasteiger partial charge in [-0.3, -0.25) is 19.2 Å². The minimum Gasteiger partial charge on any atom is -0.497 e. The molecule has 0 bridgehead atoms. The molecule has 4 rings (SSSR count). The average molecular weight is 455 g/mol. The molecule has 2 fully saturated rings. The van der Waals surface area contributed by atoms with Crippen molar-refractivity contribution in [2.45, 2.75) is 25.7 Å². The smallest absolute Gasteiger partial charge is 0.273 e. The lowest BCUT2D eigenvalue weighted by molar-refractivity contribution is -0.154. The van der Waals surface area contributed by atoms with Gasteiger partial charge in [0.1, 0.15) is 12.3 Å². The number of imide groups is 1. The Hall–Kier alpha value is -3.19. The Balaban J connectivity index is 1.68. The molecule has 166 valence electrons. The van der Waals surface area contributed by atoms with Gasteiger partial charge in [0.15, 0.2) is 5.78 Å². The zero-order valence-corrected chi connectivity index (χ0v) is 18.4. The molecule has 1 saturated carbocycles. The first-order valence-electron chi connectivity index (χ1n) is 10.5. The summed E-state index contributed by atoms with van der Waals surface area (Å²) in [4.78, 5) is 52.8. The number of rotatable bonds is 6. The maximum atomic E-state index is 13.4. The summed E-state index contributed by atoms with van der Waals surface area (Å²) in [6.45, 7) is -0.453. The number of amides is 3. The van der Waals surface area contributed by atoms with Gasteiger partial charge in [-0.05, 0) is 49.2 Å². The van der Waals surface area contributed by atoms with Gasteiger partial charge in [0, 0.05) is 16.1 Å². The summed E-state index contributed by atoms with van der Waals surface area (Å²) >= 11 is 5.94. The van der Waals surface area contributed by atoms with Crippen molar-refractivity contribution in [2.75, 3.05) is 13.7 Å². The number of halogens is 1. The van der Waals surface area contributed by atoms with E-state index in [9.17, 15) is 19.2 Å². The van der Waals surface area contributed by atoms with Crippen LogP contribution in [0.15, 0.2) is 48.5 Å². The number of nitrogens with zero attached hydrogens (tertiary/aromatic N) is 2. The number of hydrogen-bond donors (Lipinski definition) is 0. The molecule has 0 spiro atoms. The van der Waals surface area contributed by atoms with Crippen molar-refractivity contribution >= 4 is 35.1 Å². The number of methoxy groups -OCH3 is 1. The molecule has 1 heterocycles. The highest BCUT2D eigenvalue weighted by Crippen LogP contribution is 2.39. The predicted octanol–water partition coefficient (Wildman–Crippen LogP) is 3.76. The summed E-state index contributed by atoms with van der Waals surface area (Å²) < 4.78 is 5.17. The van der Waals surface area contributed by atoms with Crippen LogP contribution in [-0.4, -0.2) is 47.2 Å². The third-order valence-corrected chi connectivity index (χ3v) is 6.32. The van der Waals surface area contributed by atoms with Crippen LogP contribution in [0.25, 0.3) is 0 Å². The van der Waals surface area contributed by atoms with Gasteiger partial charge in [0.2, 0.25) is 0 Å². The minimum absolute atomic E-state index is 0.225. The lowest BCUT2D eigenvalue weighted by Gasteiger charge is -2.30. The molecular formula is C24H23ClN2O5. The van der Waals surface area contributed by atoms with Crippen LogP contribution < -0.4 is 4.74 Å². The third-order valence-electron chi connectivity index (χ3n) is 6.07. The predicted molar refractivity (Wildman–Crippen MR) is 117 cm³/mol.